The second-order valence-electron chi connectivity index (χ2n) is 7.70. The normalized spacial score (nSPS) is 14.8. The molecule has 0 atom stereocenters. The number of hydrogen-bond acceptors (Lipinski definition) is 6. The van der Waals surface area contributed by atoms with Crippen LogP contribution in [0.2, 0.25) is 0 Å². The van der Waals surface area contributed by atoms with E-state index in [1.165, 1.54) is 0 Å². The van der Waals surface area contributed by atoms with Crippen molar-refractivity contribution in [2.75, 3.05) is 0 Å². The molecule has 0 aliphatic carbocycles. The molecular formula is C13H30O6Si. The first-order chi connectivity index (χ1) is 8.62. The van der Waals surface area contributed by atoms with E-state index >= 15 is 0 Å². The Labute approximate surface area is 125 Å². The Bertz CT molecular complexity index is 241. The minimum absolute atomic E-state index is 0.307. The van der Waals surface area contributed by atoms with E-state index in [-0.39, 0.29) is 0 Å². The van der Waals surface area contributed by atoms with Gasteiger partial charge >= 0.3 is 5.60 Å². The van der Waals surface area contributed by atoms with Crippen LogP contribution in [0.1, 0.15) is 62.3 Å². The minimum Gasteiger partial charge on any atom is -0.226 e. The summed E-state index contributed by atoms with van der Waals surface area (Å²) < 4.78 is 0. The molecule has 6 nitrogen and oxygen atoms in total. The van der Waals surface area contributed by atoms with E-state index in [4.69, 9.17) is 29.3 Å². The standard InChI is InChI=1S/C13H30O6Si/c1-10(2,3)14-17-13(20,18-15-11(4,5)6)19-16-12(7,8)9/h1-9,20H3. The molecule has 0 amide bonds. The Morgan fingerprint density at radius 3 is 0.800 bits per heavy atom. The zero-order valence-corrected chi connectivity index (χ0v) is 16.4. The van der Waals surface area contributed by atoms with Crippen LogP contribution >= 0.6 is 0 Å². The Morgan fingerprint density at radius 1 is 0.450 bits per heavy atom. The summed E-state index contributed by atoms with van der Waals surface area (Å²) in [6, 6.07) is 0. The predicted octanol–water partition coefficient (Wildman–Crippen LogP) is 2.20. The minimum atomic E-state index is -1.51. The van der Waals surface area contributed by atoms with Crippen molar-refractivity contribution in [1.29, 1.82) is 0 Å². The van der Waals surface area contributed by atoms with Crippen LogP contribution < -0.4 is 0 Å². The fourth-order valence-corrected chi connectivity index (χ4v) is 0.894. The average Bonchev–Trinajstić information content (AvgIpc) is 2.18. The second kappa shape index (κ2) is 6.82. The molecule has 0 aromatic carbocycles. The monoisotopic (exact) mass is 310 g/mol. The Kier molecular flexibility index (Phi) is 6.82. The van der Waals surface area contributed by atoms with Crippen LogP contribution in [0.5, 0.6) is 0 Å². The molecule has 7 heteroatoms. The van der Waals surface area contributed by atoms with Crippen molar-refractivity contribution in [1.82, 2.24) is 0 Å². The van der Waals surface area contributed by atoms with Gasteiger partial charge in [-0.2, -0.15) is 14.7 Å². The van der Waals surface area contributed by atoms with Gasteiger partial charge in [0.1, 0.15) is 10.2 Å². The molecule has 0 saturated carbocycles. The quantitative estimate of drug-likeness (QED) is 0.324. The van der Waals surface area contributed by atoms with Gasteiger partial charge in [-0.15, -0.1) is 0 Å². The van der Waals surface area contributed by atoms with Crippen molar-refractivity contribution >= 4 is 10.2 Å². The topological polar surface area (TPSA) is 55.4 Å². The molecule has 0 aliphatic heterocycles. The SMILES string of the molecule is CC(C)(C)OOC([SiH3])(OOC(C)(C)C)OOC(C)(C)C. The van der Waals surface area contributed by atoms with Crippen molar-refractivity contribution in [2.24, 2.45) is 0 Å². The summed E-state index contributed by atoms with van der Waals surface area (Å²) in [5.41, 5.74) is -3.03. The fourth-order valence-electron chi connectivity index (χ4n) is 0.644. The summed E-state index contributed by atoms with van der Waals surface area (Å²) in [5, 5.41) is 0. The van der Waals surface area contributed by atoms with Crippen LogP contribution in [0.15, 0.2) is 0 Å². The van der Waals surface area contributed by atoms with E-state index in [0.717, 1.165) is 0 Å². The fraction of sp³-hybridized carbons (Fsp3) is 1.00. The molecule has 0 saturated heterocycles. The molecule has 0 N–H and O–H groups in total. The van der Waals surface area contributed by atoms with Crippen LogP contribution in [0, 0.1) is 0 Å². The van der Waals surface area contributed by atoms with Crippen molar-refractivity contribution in [3.8, 4) is 0 Å². The number of hydrogen-bond donors (Lipinski definition) is 0. The summed E-state index contributed by atoms with van der Waals surface area (Å²) in [7, 11) is 0.307. The van der Waals surface area contributed by atoms with Crippen LogP contribution in [0.4, 0.5) is 0 Å². The maximum absolute atomic E-state index is 5.25. The predicted molar refractivity (Wildman–Crippen MR) is 78.4 cm³/mol. The van der Waals surface area contributed by atoms with Gasteiger partial charge in [-0.1, -0.05) is 0 Å². The van der Waals surface area contributed by atoms with Gasteiger partial charge in [0, 0.05) is 0 Å². The largest absolute Gasteiger partial charge is 0.329 e. The molecule has 0 heterocycles. The first kappa shape index (κ1) is 20.0. The smallest absolute Gasteiger partial charge is 0.226 e. The van der Waals surface area contributed by atoms with Gasteiger partial charge < -0.3 is 0 Å². The van der Waals surface area contributed by atoms with E-state index in [9.17, 15) is 0 Å². The lowest BCUT2D eigenvalue weighted by Gasteiger charge is -2.33. The summed E-state index contributed by atoms with van der Waals surface area (Å²) in [6.07, 6.45) is 0. The first-order valence-corrected chi connectivity index (χ1v) is 7.72. The van der Waals surface area contributed by atoms with Gasteiger partial charge in [-0.25, -0.2) is 14.7 Å². The maximum Gasteiger partial charge on any atom is 0.329 e. The van der Waals surface area contributed by atoms with E-state index in [0.29, 0.717) is 10.2 Å². The van der Waals surface area contributed by atoms with E-state index in [1.807, 2.05) is 62.3 Å². The highest BCUT2D eigenvalue weighted by atomic mass is 28.1. The highest BCUT2D eigenvalue weighted by molar-refractivity contribution is 6.12. The van der Waals surface area contributed by atoms with Crippen LogP contribution in [-0.2, 0) is 29.3 Å². The molecular weight excluding hydrogens is 280 g/mol. The van der Waals surface area contributed by atoms with Gasteiger partial charge in [0.25, 0.3) is 0 Å². The molecule has 0 aliphatic rings. The molecule has 0 fully saturated rings. The van der Waals surface area contributed by atoms with Crippen molar-refractivity contribution in [3.05, 3.63) is 0 Å². The van der Waals surface area contributed by atoms with Gasteiger partial charge in [0.15, 0.2) is 0 Å². The van der Waals surface area contributed by atoms with Crippen molar-refractivity contribution in [2.45, 2.75) is 84.7 Å². The zero-order chi connectivity index (χ0) is 16.2. The molecule has 122 valence electrons. The third-order valence-corrected chi connectivity index (χ3v) is 1.83. The lowest BCUT2D eigenvalue weighted by molar-refractivity contribution is -0.625. The summed E-state index contributed by atoms with van der Waals surface area (Å²) in [5.74, 6) is 0. The summed E-state index contributed by atoms with van der Waals surface area (Å²) >= 11 is 0. The lowest BCUT2D eigenvalue weighted by Crippen LogP contribution is -2.45. The molecule has 0 unspecified atom stereocenters. The molecule has 0 aromatic heterocycles. The third kappa shape index (κ3) is 11.8. The Balaban J connectivity index is 4.66. The van der Waals surface area contributed by atoms with Crippen molar-refractivity contribution in [3.63, 3.8) is 0 Å². The van der Waals surface area contributed by atoms with Crippen LogP contribution in [-0.4, -0.2) is 32.6 Å². The van der Waals surface area contributed by atoms with Crippen molar-refractivity contribution < 1.29 is 29.3 Å². The highest BCUT2D eigenvalue weighted by Gasteiger charge is 2.37. The number of rotatable bonds is 6. The molecule has 0 spiro atoms. The van der Waals surface area contributed by atoms with Gasteiger partial charge in [0.05, 0.1) is 16.8 Å². The van der Waals surface area contributed by atoms with Crippen LogP contribution in [0.3, 0.4) is 0 Å². The Hall–Kier alpha value is -0.0231. The second-order valence-corrected chi connectivity index (χ2v) is 8.92. The first-order valence-electron chi connectivity index (χ1n) is 6.72. The van der Waals surface area contributed by atoms with Gasteiger partial charge in [-0.05, 0) is 62.3 Å². The summed E-state index contributed by atoms with van der Waals surface area (Å²) in [4.78, 5) is 31.5. The highest BCUT2D eigenvalue weighted by Crippen LogP contribution is 2.23. The summed E-state index contributed by atoms with van der Waals surface area (Å²) in [6.45, 7) is 16.7. The van der Waals surface area contributed by atoms with Gasteiger partial charge in [0.2, 0.25) is 0 Å². The molecule has 0 bridgehead atoms. The lowest BCUT2D eigenvalue weighted by atomic mass is 10.2. The van der Waals surface area contributed by atoms with E-state index < -0.39 is 22.4 Å². The third-order valence-electron chi connectivity index (χ3n) is 1.33. The van der Waals surface area contributed by atoms with Gasteiger partial charge in [-0.3, -0.25) is 0 Å². The Morgan fingerprint density at radius 2 is 0.650 bits per heavy atom. The molecule has 0 rings (SSSR count). The zero-order valence-electron chi connectivity index (χ0n) is 14.4. The molecule has 0 radical (unpaired) electrons. The maximum atomic E-state index is 5.25. The average molecular weight is 310 g/mol. The van der Waals surface area contributed by atoms with Crippen LogP contribution in [0.25, 0.3) is 0 Å². The van der Waals surface area contributed by atoms with E-state index in [2.05, 4.69) is 0 Å². The molecule has 20 heavy (non-hydrogen) atoms. The van der Waals surface area contributed by atoms with E-state index in [1.54, 1.807) is 0 Å². The molecule has 0 aromatic rings.